The number of hydrogen-bond acceptors (Lipinski definition) is 5. The highest BCUT2D eigenvalue weighted by Crippen LogP contribution is 2.44. The average Bonchev–Trinajstić information content (AvgIpc) is 3.26. The molecular weight excluding hydrogens is 484 g/mol. The average molecular weight is 517 g/mol. The molecule has 0 radical (unpaired) electrons. The third-order valence-corrected chi connectivity index (χ3v) is 6.76. The minimum atomic E-state index is -1.10. The number of aliphatic carboxylic acids is 1. The van der Waals surface area contributed by atoms with Crippen LogP contribution >= 0.6 is 0 Å². The zero-order chi connectivity index (χ0) is 26.9. The highest BCUT2D eigenvalue weighted by Gasteiger charge is 2.31. The fourth-order valence-corrected chi connectivity index (χ4v) is 4.73. The largest absolute Gasteiger partial charge is 0.480 e. The molecule has 0 aromatic heterocycles. The molecule has 2 amide bonds. The van der Waals surface area contributed by atoms with E-state index in [2.05, 4.69) is 17.4 Å². The number of nitrogens with zero attached hydrogens (tertiary/aromatic N) is 1. The van der Waals surface area contributed by atoms with Crippen LogP contribution in [0.2, 0.25) is 0 Å². The standard InChI is InChI=1S/C30H32N2O6/c1-32(27(28(33)34)17-9-10-18-31-29(35)37-19-21-11-3-2-4-12-21)30(36)38-20-26-24-15-7-5-13-22(24)23-14-6-8-16-25(23)26/h2-8,11-16,26-27H,9-10,17-20H2,1H3,(H,31,35)(H,33,34)/t27-/m0/s1. The van der Waals surface area contributed by atoms with E-state index < -0.39 is 24.2 Å². The molecule has 3 aromatic carbocycles. The van der Waals surface area contributed by atoms with Gasteiger partial charge in [0, 0.05) is 19.5 Å². The third kappa shape index (κ3) is 6.51. The second-order valence-electron chi connectivity index (χ2n) is 9.25. The highest BCUT2D eigenvalue weighted by molar-refractivity contribution is 5.81. The van der Waals surface area contributed by atoms with Crippen molar-refractivity contribution in [2.24, 2.45) is 0 Å². The van der Waals surface area contributed by atoms with Crippen molar-refractivity contribution in [1.82, 2.24) is 10.2 Å². The highest BCUT2D eigenvalue weighted by atomic mass is 16.6. The Bertz CT molecular complexity index is 1220. The molecule has 0 saturated carbocycles. The normalized spacial score (nSPS) is 12.7. The molecule has 0 heterocycles. The van der Waals surface area contributed by atoms with Gasteiger partial charge in [0.15, 0.2) is 0 Å². The maximum atomic E-state index is 12.8. The number of amides is 2. The van der Waals surface area contributed by atoms with Crippen molar-refractivity contribution in [1.29, 1.82) is 0 Å². The summed E-state index contributed by atoms with van der Waals surface area (Å²) in [4.78, 5) is 37.7. The van der Waals surface area contributed by atoms with Gasteiger partial charge in [0.25, 0.3) is 0 Å². The number of benzene rings is 3. The number of alkyl carbamates (subject to hydrolysis) is 1. The summed E-state index contributed by atoms with van der Waals surface area (Å²) in [5.74, 6) is -1.20. The summed E-state index contributed by atoms with van der Waals surface area (Å²) >= 11 is 0. The van der Waals surface area contributed by atoms with E-state index in [-0.39, 0.29) is 25.6 Å². The van der Waals surface area contributed by atoms with Crippen LogP contribution in [0.5, 0.6) is 0 Å². The quantitative estimate of drug-likeness (QED) is 0.330. The summed E-state index contributed by atoms with van der Waals surface area (Å²) in [5, 5.41) is 12.4. The predicted octanol–water partition coefficient (Wildman–Crippen LogP) is 5.42. The molecule has 1 atom stereocenters. The lowest BCUT2D eigenvalue weighted by atomic mass is 9.98. The fourth-order valence-electron chi connectivity index (χ4n) is 4.73. The molecule has 0 fully saturated rings. The number of fused-ring (bicyclic) bond motifs is 3. The Morgan fingerprint density at radius 3 is 2.11 bits per heavy atom. The van der Waals surface area contributed by atoms with E-state index in [0.717, 1.165) is 32.7 Å². The first-order valence-electron chi connectivity index (χ1n) is 12.7. The van der Waals surface area contributed by atoms with E-state index >= 15 is 0 Å². The molecule has 38 heavy (non-hydrogen) atoms. The fraction of sp³-hybridized carbons (Fsp3) is 0.300. The van der Waals surface area contributed by atoms with Gasteiger partial charge in [0.2, 0.25) is 0 Å². The molecule has 8 nitrogen and oxygen atoms in total. The zero-order valence-corrected chi connectivity index (χ0v) is 21.3. The molecule has 0 unspecified atom stereocenters. The van der Waals surface area contributed by atoms with Gasteiger partial charge in [-0.05, 0) is 47.1 Å². The number of likely N-dealkylation sites (N-methyl/N-ethyl adjacent to an activating group) is 1. The first-order valence-corrected chi connectivity index (χ1v) is 12.7. The molecular formula is C30H32N2O6. The molecule has 0 saturated heterocycles. The Kier molecular flexibility index (Phi) is 8.98. The van der Waals surface area contributed by atoms with E-state index in [9.17, 15) is 19.5 Å². The van der Waals surface area contributed by atoms with Gasteiger partial charge in [-0.3, -0.25) is 4.90 Å². The van der Waals surface area contributed by atoms with Crippen molar-refractivity contribution in [3.8, 4) is 11.1 Å². The Morgan fingerprint density at radius 2 is 1.47 bits per heavy atom. The number of hydrogen-bond donors (Lipinski definition) is 2. The summed E-state index contributed by atoms with van der Waals surface area (Å²) in [6, 6.07) is 24.4. The number of nitrogens with one attached hydrogen (secondary N) is 1. The minimum Gasteiger partial charge on any atom is -0.480 e. The molecule has 0 aliphatic heterocycles. The van der Waals surface area contributed by atoms with E-state index in [4.69, 9.17) is 9.47 Å². The van der Waals surface area contributed by atoms with Crippen molar-refractivity contribution in [3.05, 3.63) is 95.6 Å². The van der Waals surface area contributed by atoms with Crippen LogP contribution in [0.4, 0.5) is 9.59 Å². The number of carbonyl (C=O) groups excluding carboxylic acids is 2. The topological polar surface area (TPSA) is 105 Å². The third-order valence-electron chi connectivity index (χ3n) is 6.76. The Hall–Kier alpha value is -4.33. The summed E-state index contributed by atoms with van der Waals surface area (Å²) in [7, 11) is 1.44. The van der Waals surface area contributed by atoms with Gasteiger partial charge in [-0.15, -0.1) is 0 Å². The van der Waals surface area contributed by atoms with Gasteiger partial charge < -0.3 is 19.9 Å². The molecule has 198 valence electrons. The summed E-state index contributed by atoms with van der Waals surface area (Å²) < 4.78 is 10.8. The first kappa shape index (κ1) is 26.7. The first-order chi connectivity index (χ1) is 18.5. The number of carbonyl (C=O) groups is 3. The minimum absolute atomic E-state index is 0.101. The van der Waals surface area contributed by atoms with Crippen LogP contribution in [0.25, 0.3) is 11.1 Å². The lowest BCUT2D eigenvalue weighted by molar-refractivity contribution is -0.142. The number of unbranched alkanes of at least 4 members (excludes halogenated alkanes) is 1. The maximum absolute atomic E-state index is 12.8. The Morgan fingerprint density at radius 1 is 0.868 bits per heavy atom. The van der Waals surface area contributed by atoms with Crippen LogP contribution in [-0.4, -0.2) is 54.4 Å². The predicted molar refractivity (Wildman–Crippen MR) is 143 cm³/mol. The van der Waals surface area contributed by atoms with E-state index in [1.807, 2.05) is 66.7 Å². The summed E-state index contributed by atoms with van der Waals surface area (Å²) in [6.45, 7) is 0.645. The molecule has 2 N–H and O–H groups in total. The van der Waals surface area contributed by atoms with E-state index in [1.165, 1.54) is 7.05 Å². The van der Waals surface area contributed by atoms with Gasteiger partial charge in [-0.25, -0.2) is 14.4 Å². The second kappa shape index (κ2) is 12.8. The summed E-state index contributed by atoms with van der Waals surface area (Å²) in [5.41, 5.74) is 5.32. The molecule has 0 spiro atoms. The SMILES string of the molecule is CN(C(=O)OCC1c2ccccc2-c2ccccc21)[C@@H](CCCCNC(=O)OCc1ccccc1)C(=O)O. The molecule has 1 aliphatic rings. The van der Waals surface area contributed by atoms with E-state index in [1.54, 1.807) is 0 Å². The van der Waals surface area contributed by atoms with Gasteiger partial charge in [-0.1, -0.05) is 78.9 Å². The Labute approximate surface area is 222 Å². The van der Waals surface area contributed by atoms with Crippen molar-refractivity contribution < 1.29 is 29.0 Å². The molecule has 3 aromatic rings. The van der Waals surface area contributed by atoms with Crippen LogP contribution in [-0.2, 0) is 20.9 Å². The van der Waals surface area contributed by atoms with Crippen molar-refractivity contribution >= 4 is 18.2 Å². The monoisotopic (exact) mass is 516 g/mol. The number of rotatable bonds is 11. The van der Waals surface area contributed by atoms with Gasteiger partial charge >= 0.3 is 18.2 Å². The van der Waals surface area contributed by atoms with Crippen molar-refractivity contribution in [2.45, 2.75) is 37.8 Å². The summed E-state index contributed by atoms with van der Waals surface area (Å²) in [6.07, 6.45) is 0.0671. The van der Waals surface area contributed by atoms with Crippen LogP contribution in [0, 0.1) is 0 Å². The lowest BCUT2D eigenvalue weighted by Crippen LogP contribution is -2.43. The zero-order valence-electron chi connectivity index (χ0n) is 21.3. The lowest BCUT2D eigenvalue weighted by Gasteiger charge is -2.25. The molecule has 0 bridgehead atoms. The number of carboxylic acids is 1. The van der Waals surface area contributed by atoms with Gasteiger partial charge in [0.05, 0.1) is 0 Å². The molecule has 8 heteroatoms. The molecule has 1 aliphatic carbocycles. The van der Waals surface area contributed by atoms with Crippen LogP contribution < -0.4 is 5.32 Å². The Balaban J connectivity index is 1.22. The maximum Gasteiger partial charge on any atom is 0.410 e. The number of carboxylic acid groups (broad SMARTS) is 1. The van der Waals surface area contributed by atoms with Crippen LogP contribution in [0.3, 0.4) is 0 Å². The van der Waals surface area contributed by atoms with Gasteiger partial charge in [0.1, 0.15) is 19.3 Å². The molecule has 4 rings (SSSR count). The van der Waals surface area contributed by atoms with Gasteiger partial charge in [-0.2, -0.15) is 0 Å². The second-order valence-corrected chi connectivity index (χ2v) is 9.25. The number of ether oxygens (including phenoxy) is 2. The van der Waals surface area contributed by atoms with Crippen LogP contribution in [0.15, 0.2) is 78.9 Å². The van der Waals surface area contributed by atoms with E-state index in [0.29, 0.717) is 19.4 Å². The van der Waals surface area contributed by atoms with Crippen molar-refractivity contribution in [3.63, 3.8) is 0 Å². The smallest absolute Gasteiger partial charge is 0.410 e. The van der Waals surface area contributed by atoms with Crippen LogP contribution in [0.1, 0.15) is 41.9 Å². The van der Waals surface area contributed by atoms with Crippen molar-refractivity contribution in [2.75, 3.05) is 20.2 Å².